The number of aromatic nitrogens is 2. The van der Waals surface area contributed by atoms with Crippen LogP contribution in [0.25, 0.3) is 0 Å². The minimum Gasteiger partial charge on any atom is -0.341 e. The highest BCUT2D eigenvalue weighted by Crippen LogP contribution is 2.32. The lowest BCUT2D eigenvalue weighted by atomic mass is 10.0. The van der Waals surface area contributed by atoms with Crippen LogP contribution in [0.5, 0.6) is 0 Å². The van der Waals surface area contributed by atoms with Crippen molar-refractivity contribution in [2.45, 2.75) is 38.5 Å². The third-order valence-electron chi connectivity index (χ3n) is 4.90. The van der Waals surface area contributed by atoms with Gasteiger partial charge in [-0.3, -0.25) is 0 Å². The second-order valence-corrected chi connectivity index (χ2v) is 6.50. The van der Waals surface area contributed by atoms with Gasteiger partial charge in [0.25, 0.3) is 0 Å². The van der Waals surface area contributed by atoms with E-state index in [1.807, 2.05) is 12.3 Å². The minimum atomic E-state index is 0.896. The Balaban J connectivity index is 1.64. The number of benzene rings is 1. The number of nitrogens with zero attached hydrogens (tertiary/aromatic N) is 4. The number of fused-ring (bicyclic) bond motifs is 1. The molecule has 3 heterocycles. The van der Waals surface area contributed by atoms with E-state index in [1.165, 1.54) is 43.4 Å². The summed E-state index contributed by atoms with van der Waals surface area (Å²) >= 11 is 0. The Bertz CT molecular complexity index is 662. The van der Waals surface area contributed by atoms with Crippen molar-refractivity contribution in [2.24, 2.45) is 0 Å². The zero-order valence-electron chi connectivity index (χ0n) is 13.6. The van der Waals surface area contributed by atoms with Crippen molar-refractivity contribution in [1.82, 2.24) is 9.97 Å². The van der Waals surface area contributed by atoms with Crippen LogP contribution >= 0.6 is 0 Å². The van der Waals surface area contributed by atoms with Gasteiger partial charge in [0, 0.05) is 31.5 Å². The summed E-state index contributed by atoms with van der Waals surface area (Å²) in [5, 5.41) is 0. The lowest BCUT2D eigenvalue weighted by Crippen LogP contribution is -2.28. The summed E-state index contributed by atoms with van der Waals surface area (Å²) in [7, 11) is 0. The molecule has 4 heteroatoms. The predicted molar refractivity (Wildman–Crippen MR) is 94.5 cm³/mol. The van der Waals surface area contributed by atoms with E-state index < -0.39 is 0 Å². The van der Waals surface area contributed by atoms with Crippen LogP contribution in [0.15, 0.2) is 36.5 Å². The van der Waals surface area contributed by atoms with Crippen molar-refractivity contribution in [3.05, 3.63) is 42.1 Å². The molecular formula is C19H24N4. The highest BCUT2D eigenvalue weighted by Gasteiger charge is 2.20. The van der Waals surface area contributed by atoms with E-state index in [-0.39, 0.29) is 0 Å². The third-order valence-corrected chi connectivity index (χ3v) is 4.90. The molecule has 1 aromatic carbocycles. The zero-order chi connectivity index (χ0) is 15.5. The van der Waals surface area contributed by atoms with E-state index in [4.69, 9.17) is 4.98 Å². The zero-order valence-corrected chi connectivity index (χ0v) is 13.6. The SMILES string of the molecule is c1ccc2c(c1)CCCN2c1ccnc(N2CCCCCC2)n1. The summed E-state index contributed by atoms with van der Waals surface area (Å²) in [6.45, 7) is 3.20. The number of hydrogen-bond acceptors (Lipinski definition) is 4. The Labute approximate surface area is 138 Å². The normalized spacial score (nSPS) is 18.4. The number of anilines is 3. The number of rotatable bonds is 2. The Hall–Kier alpha value is -2.10. The molecule has 4 nitrogen and oxygen atoms in total. The molecule has 0 aliphatic carbocycles. The molecule has 0 atom stereocenters. The smallest absolute Gasteiger partial charge is 0.227 e. The molecule has 0 radical (unpaired) electrons. The van der Waals surface area contributed by atoms with Gasteiger partial charge in [0.1, 0.15) is 5.82 Å². The largest absolute Gasteiger partial charge is 0.341 e. The minimum absolute atomic E-state index is 0.896. The fraction of sp³-hybridized carbons (Fsp3) is 0.474. The summed E-state index contributed by atoms with van der Waals surface area (Å²) in [4.78, 5) is 14.1. The first-order valence-electron chi connectivity index (χ1n) is 8.85. The molecule has 0 saturated carbocycles. The molecule has 0 spiro atoms. The Kier molecular flexibility index (Phi) is 4.14. The van der Waals surface area contributed by atoms with Gasteiger partial charge in [0.05, 0.1) is 0 Å². The van der Waals surface area contributed by atoms with Crippen LogP contribution in [0.1, 0.15) is 37.7 Å². The summed E-state index contributed by atoms with van der Waals surface area (Å²) in [6, 6.07) is 10.7. The highest BCUT2D eigenvalue weighted by atomic mass is 15.3. The number of para-hydroxylation sites is 1. The van der Waals surface area contributed by atoms with E-state index >= 15 is 0 Å². The van der Waals surface area contributed by atoms with Crippen LogP contribution in [0.4, 0.5) is 17.5 Å². The number of hydrogen-bond donors (Lipinski definition) is 0. The van der Waals surface area contributed by atoms with Gasteiger partial charge < -0.3 is 9.80 Å². The lowest BCUT2D eigenvalue weighted by Gasteiger charge is -2.31. The summed E-state index contributed by atoms with van der Waals surface area (Å²) in [5.41, 5.74) is 2.73. The molecule has 0 unspecified atom stereocenters. The average Bonchev–Trinajstić information content (AvgIpc) is 2.91. The molecule has 1 saturated heterocycles. The van der Waals surface area contributed by atoms with Gasteiger partial charge in [-0.2, -0.15) is 4.98 Å². The lowest BCUT2D eigenvalue weighted by molar-refractivity contribution is 0.726. The molecule has 4 rings (SSSR count). The van der Waals surface area contributed by atoms with Gasteiger partial charge in [-0.05, 0) is 43.4 Å². The van der Waals surface area contributed by atoms with Crippen molar-refractivity contribution in [3.8, 4) is 0 Å². The highest BCUT2D eigenvalue weighted by molar-refractivity contribution is 5.65. The second kappa shape index (κ2) is 6.57. The van der Waals surface area contributed by atoms with Crippen molar-refractivity contribution in [2.75, 3.05) is 29.4 Å². The first-order valence-corrected chi connectivity index (χ1v) is 8.85. The van der Waals surface area contributed by atoms with Crippen LogP contribution in [-0.2, 0) is 6.42 Å². The van der Waals surface area contributed by atoms with Gasteiger partial charge in [0.2, 0.25) is 5.95 Å². The maximum Gasteiger partial charge on any atom is 0.227 e. The average molecular weight is 308 g/mol. The van der Waals surface area contributed by atoms with Crippen molar-refractivity contribution < 1.29 is 0 Å². The van der Waals surface area contributed by atoms with Gasteiger partial charge in [-0.1, -0.05) is 31.0 Å². The molecule has 120 valence electrons. The molecule has 23 heavy (non-hydrogen) atoms. The summed E-state index contributed by atoms with van der Waals surface area (Å²) in [5.74, 6) is 1.93. The molecule has 0 amide bonds. The Morgan fingerprint density at radius 3 is 2.52 bits per heavy atom. The van der Waals surface area contributed by atoms with Crippen LogP contribution in [0.3, 0.4) is 0 Å². The molecule has 2 aliphatic rings. The topological polar surface area (TPSA) is 32.3 Å². The van der Waals surface area contributed by atoms with E-state index in [2.05, 4.69) is 39.0 Å². The Morgan fingerprint density at radius 2 is 1.65 bits per heavy atom. The molecule has 2 aliphatic heterocycles. The molecule has 0 N–H and O–H groups in total. The summed E-state index contributed by atoms with van der Waals surface area (Å²) < 4.78 is 0. The molecule has 0 bridgehead atoms. The van der Waals surface area contributed by atoms with Crippen LogP contribution in [-0.4, -0.2) is 29.6 Å². The standard InChI is InChI=1S/C19H24N4/c1-2-6-14-22(13-5-1)19-20-12-11-18(21-19)23-15-7-9-16-8-3-4-10-17(16)23/h3-4,8,10-12H,1-2,5-7,9,13-15H2. The maximum atomic E-state index is 4.90. The fourth-order valence-corrected chi connectivity index (χ4v) is 3.68. The van der Waals surface area contributed by atoms with E-state index in [1.54, 1.807) is 0 Å². The van der Waals surface area contributed by atoms with Gasteiger partial charge in [0.15, 0.2) is 0 Å². The molecule has 1 fully saturated rings. The second-order valence-electron chi connectivity index (χ2n) is 6.50. The van der Waals surface area contributed by atoms with Crippen LogP contribution in [0.2, 0.25) is 0 Å². The van der Waals surface area contributed by atoms with Crippen LogP contribution in [0, 0.1) is 0 Å². The third kappa shape index (κ3) is 3.03. The van der Waals surface area contributed by atoms with Gasteiger partial charge in [-0.15, -0.1) is 0 Å². The van der Waals surface area contributed by atoms with E-state index in [0.717, 1.165) is 37.8 Å². The van der Waals surface area contributed by atoms with E-state index in [0.29, 0.717) is 0 Å². The Morgan fingerprint density at radius 1 is 0.826 bits per heavy atom. The van der Waals surface area contributed by atoms with Gasteiger partial charge >= 0.3 is 0 Å². The van der Waals surface area contributed by atoms with E-state index in [9.17, 15) is 0 Å². The molecule has 2 aromatic rings. The van der Waals surface area contributed by atoms with Crippen molar-refractivity contribution in [1.29, 1.82) is 0 Å². The number of aryl methyl sites for hydroxylation is 1. The fourth-order valence-electron chi connectivity index (χ4n) is 3.68. The summed E-state index contributed by atoms with van der Waals surface area (Å²) in [6.07, 6.45) is 9.42. The molecule has 1 aromatic heterocycles. The quantitative estimate of drug-likeness (QED) is 0.841. The van der Waals surface area contributed by atoms with Gasteiger partial charge in [-0.25, -0.2) is 4.98 Å². The maximum absolute atomic E-state index is 4.90. The van der Waals surface area contributed by atoms with Crippen molar-refractivity contribution in [3.63, 3.8) is 0 Å². The first-order chi connectivity index (χ1) is 11.4. The van der Waals surface area contributed by atoms with Crippen LogP contribution < -0.4 is 9.80 Å². The molecular weight excluding hydrogens is 284 g/mol. The predicted octanol–water partition coefficient (Wildman–Crippen LogP) is 3.94. The first kappa shape index (κ1) is 14.5. The monoisotopic (exact) mass is 308 g/mol. The van der Waals surface area contributed by atoms with Crippen molar-refractivity contribution >= 4 is 17.5 Å².